The fourth-order valence-corrected chi connectivity index (χ4v) is 4.13. The van der Waals surface area contributed by atoms with Gasteiger partial charge in [-0.2, -0.15) is 0 Å². The van der Waals surface area contributed by atoms with Crippen molar-refractivity contribution in [3.63, 3.8) is 0 Å². The average molecular weight is 429 g/mol. The Morgan fingerprint density at radius 1 is 1.00 bits per heavy atom. The molecule has 4 aromatic rings. The Kier molecular flexibility index (Phi) is 5.49. The molecule has 0 amide bonds. The van der Waals surface area contributed by atoms with E-state index >= 15 is 0 Å². The van der Waals surface area contributed by atoms with Gasteiger partial charge in [0.1, 0.15) is 12.1 Å². The van der Waals surface area contributed by atoms with E-state index in [1.807, 2.05) is 38.1 Å². The highest BCUT2D eigenvalue weighted by Crippen LogP contribution is 2.31. The number of aryl methyl sites for hydroxylation is 2. The molecule has 2 aromatic heterocycles. The number of ether oxygens (including phenoxy) is 1. The van der Waals surface area contributed by atoms with Crippen LogP contribution in [0.3, 0.4) is 0 Å². The smallest absolute Gasteiger partial charge is 0.132 e. The molecular weight excluding hydrogens is 405 g/mol. The first-order valence-electron chi connectivity index (χ1n) is 10.7. The SMILES string of the molecule is Cc1cnc(Cc2ccc(F)c(-c3ncnc4cc(N5CCOCC5)ccc34)c2)c(C)n1. The predicted molar refractivity (Wildman–Crippen MR) is 122 cm³/mol. The Hall–Kier alpha value is -3.45. The van der Waals surface area contributed by atoms with Crippen LogP contribution in [0.4, 0.5) is 10.1 Å². The van der Waals surface area contributed by atoms with Gasteiger partial charge >= 0.3 is 0 Å². The summed E-state index contributed by atoms with van der Waals surface area (Å²) in [6.07, 6.45) is 3.84. The van der Waals surface area contributed by atoms with E-state index in [9.17, 15) is 4.39 Å². The van der Waals surface area contributed by atoms with Crippen molar-refractivity contribution in [3.05, 3.63) is 77.4 Å². The van der Waals surface area contributed by atoms with Crippen LogP contribution in [0.5, 0.6) is 0 Å². The lowest BCUT2D eigenvalue weighted by Gasteiger charge is -2.29. The summed E-state index contributed by atoms with van der Waals surface area (Å²) in [6.45, 7) is 7.00. The zero-order chi connectivity index (χ0) is 22.1. The van der Waals surface area contributed by atoms with E-state index in [0.29, 0.717) is 17.7 Å². The summed E-state index contributed by atoms with van der Waals surface area (Å²) in [4.78, 5) is 20.2. The lowest BCUT2D eigenvalue weighted by Crippen LogP contribution is -2.36. The van der Waals surface area contributed by atoms with Gasteiger partial charge in [0.15, 0.2) is 0 Å². The first-order chi connectivity index (χ1) is 15.6. The highest BCUT2D eigenvalue weighted by atomic mass is 19.1. The van der Waals surface area contributed by atoms with Gasteiger partial charge in [0, 0.05) is 42.3 Å². The van der Waals surface area contributed by atoms with E-state index in [2.05, 4.69) is 24.8 Å². The number of fused-ring (bicyclic) bond motifs is 1. The number of nitrogens with zero attached hydrogens (tertiary/aromatic N) is 5. The van der Waals surface area contributed by atoms with Gasteiger partial charge in [-0.15, -0.1) is 0 Å². The fourth-order valence-electron chi connectivity index (χ4n) is 4.13. The lowest BCUT2D eigenvalue weighted by atomic mass is 10.0. The Bertz CT molecular complexity index is 1290. The van der Waals surface area contributed by atoms with Gasteiger partial charge in [-0.25, -0.2) is 14.4 Å². The Balaban J connectivity index is 1.52. The lowest BCUT2D eigenvalue weighted by molar-refractivity contribution is 0.122. The van der Waals surface area contributed by atoms with Gasteiger partial charge < -0.3 is 9.64 Å². The molecule has 0 unspecified atom stereocenters. The van der Waals surface area contributed by atoms with Crippen molar-refractivity contribution < 1.29 is 9.13 Å². The third kappa shape index (κ3) is 4.03. The molecule has 0 atom stereocenters. The van der Waals surface area contributed by atoms with Crippen LogP contribution < -0.4 is 4.90 Å². The summed E-state index contributed by atoms with van der Waals surface area (Å²) in [5.74, 6) is -0.308. The van der Waals surface area contributed by atoms with Crippen molar-refractivity contribution in [1.82, 2.24) is 19.9 Å². The van der Waals surface area contributed by atoms with Gasteiger partial charge in [0.25, 0.3) is 0 Å². The van der Waals surface area contributed by atoms with Crippen molar-refractivity contribution in [1.29, 1.82) is 0 Å². The van der Waals surface area contributed by atoms with Crippen LogP contribution >= 0.6 is 0 Å². The molecule has 7 heteroatoms. The summed E-state index contributed by atoms with van der Waals surface area (Å²) in [5, 5.41) is 0.826. The summed E-state index contributed by atoms with van der Waals surface area (Å²) < 4.78 is 20.4. The van der Waals surface area contributed by atoms with Crippen LogP contribution in [0.2, 0.25) is 0 Å². The Morgan fingerprint density at radius 2 is 1.84 bits per heavy atom. The van der Waals surface area contributed by atoms with Crippen LogP contribution in [-0.4, -0.2) is 46.2 Å². The number of morpholine rings is 1. The second kappa shape index (κ2) is 8.59. The van der Waals surface area contributed by atoms with Crippen LogP contribution in [-0.2, 0) is 11.2 Å². The van der Waals surface area contributed by atoms with E-state index in [1.165, 1.54) is 12.4 Å². The molecule has 0 saturated carbocycles. The fraction of sp³-hybridized carbons (Fsp3) is 0.280. The largest absolute Gasteiger partial charge is 0.378 e. The van der Waals surface area contributed by atoms with E-state index in [1.54, 1.807) is 12.3 Å². The second-order valence-corrected chi connectivity index (χ2v) is 8.06. The van der Waals surface area contributed by atoms with Crippen LogP contribution in [0.15, 0.2) is 48.9 Å². The van der Waals surface area contributed by atoms with Crippen molar-refractivity contribution in [2.45, 2.75) is 20.3 Å². The molecule has 32 heavy (non-hydrogen) atoms. The number of halogens is 1. The number of rotatable bonds is 4. The predicted octanol–water partition coefficient (Wildman–Crippen LogP) is 4.27. The summed E-state index contributed by atoms with van der Waals surface area (Å²) in [7, 11) is 0. The number of anilines is 1. The molecular formula is C25H24FN5O. The van der Waals surface area contributed by atoms with Crippen LogP contribution in [0.25, 0.3) is 22.2 Å². The topological polar surface area (TPSA) is 64.0 Å². The van der Waals surface area contributed by atoms with Crippen molar-refractivity contribution in [3.8, 4) is 11.3 Å². The minimum absolute atomic E-state index is 0.308. The zero-order valence-electron chi connectivity index (χ0n) is 18.2. The highest BCUT2D eigenvalue weighted by Gasteiger charge is 2.16. The van der Waals surface area contributed by atoms with E-state index in [0.717, 1.165) is 65.5 Å². The minimum atomic E-state index is -0.308. The van der Waals surface area contributed by atoms with Crippen molar-refractivity contribution in [2.75, 3.05) is 31.2 Å². The molecule has 0 spiro atoms. The first kappa shape index (κ1) is 20.5. The molecule has 0 bridgehead atoms. The molecule has 1 aliphatic heterocycles. The normalized spacial score (nSPS) is 14.2. The summed E-state index contributed by atoms with van der Waals surface area (Å²) in [6, 6.07) is 11.2. The van der Waals surface area contributed by atoms with E-state index in [4.69, 9.17) is 4.74 Å². The van der Waals surface area contributed by atoms with Crippen molar-refractivity contribution in [2.24, 2.45) is 0 Å². The molecule has 1 fully saturated rings. The van der Waals surface area contributed by atoms with Gasteiger partial charge in [0.05, 0.1) is 41.5 Å². The summed E-state index contributed by atoms with van der Waals surface area (Å²) in [5.41, 5.74) is 6.56. The molecule has 1 aliphatic rings. The second-order valence-electron chi connectivity index (χ2n) is 8.06. The van der Waals surface area contributed by atoms with Crippen LogP contribution in [0, 0.1) is 19.7 Å². The monoisotopic (exact) mass is 429 g/mol. The number of hydrogen-bond acceptors (Lipinski definition) is 6. The molecule has 0 aliphatic carbocycles. The number of aromatic nitrogens is 4. The quantitative estimate of drug-likeness (QED) is 0.483. The molecule has 2 aromatic carbocycles. The van der Waals surface area contributed by atoms with E-state index < -0.39 is 0 Å². The maximum absolute atomic E-state index is 14.9. The van der Waals surface area contributed by atoms with Gasteiger partial charge in [-0.05, 0) is 49.7 Å². The summed E-state index contributed by atoms with van der Waals surface area (Å²) >= 11 is 0. The van der Waals surface area contributed by atoms with Gasteiger partial charge in [-0.1, -0.05) is 6.07 Å². The highest BCUT2D eigenvalue weighted by molar-refractivity contribution is 5.94. The maximum Gasteiger partial charge on any atom is 0.132 e. The first-order valence-corrected chi connectivity index (χ1v) is 10.7. The minimum Gasteiger partial charge on any atom is -0.378 e. The Labute approximate surface area is 186 Å². The standard InChI is InChI=1S/C25H24FN5O/c1-16-14-27-23(17(2)30-16)12-18-3-6-22(26)21(11-18)25-20-5-4-19(13-24(20)28-15-29-25)31-7-9-32-10-8-31/h3-6,11,13-15H,7-10,12H2,1-2H3. The van der Waals surface area contributed by atoms with Gasteiger partial charge in [0.2, 0.25) is 0 Å². The zero-order valence-corrected chi connectivity index (χ0v) is 18.2. The molecule has 162 valence electrons. The molecule has 0 N–H and O–H groups in total. The molecule has 0 radical (unpaired) electrons. The molecule has 3 heterocycles. The van der Waals surface area contributed by atoms with Crippen molar-refractivity contribution >= 4 is 16.6 Å². The molecule has 5 rings (SSSR count). The number of benzene rings is 2. The molecule has 1 saturated heterocycles. The third-order valence-corrected chi connectivity index (χ3v) is 5.82. The Morgan fingerprint density at radius 3 is 2.66 bits per heavy atom. The van der Waals surface area contributed by atoms with Gasteiger partial charge in [-0.3, -0.25) is 9.97 Å². The van der Waals surface area contributed by atoms with Crippen LogP contribution in [0.1, 0.15) is 22.6 Å². The van der Waals surface area contributed by atoms with E-state index in [-0.39, 0.29) is 5.82 Å². The maximum atomic E-state index is 14.9. The molecule has 6 nitrogen and oxygen atoms in total. The third-order valence-electron chi connectivity index (χ3n) is 5.82. The number of hydrogen-bond donors (Lipinski definition) is 0. The average Bonchev–Trinajstić information content (AvgIpc) is 2.82.